The number of carbonyl (C=O) groups excluding carboxylic acids is 1. The van der Waals surface area contributed by atoms with Crippen LogP contribution in [0.3, 0.4) is 0 Å². The van der Waals surface area contributed by atoms with Gasteiger partial charge in [0.1, 0.15) is 0 Å². The Labute approximate surface area is 117 Å². The monoisotopic (exact) mass is 277 g/mol. The maximum absolute atomic E-state index is 12.5. The molecule has 4 heteroatoms. The summed E-state index contributed by atoms with van der Waals surface area (Å²) in [5, 5.41) is 11.4. The summed E-state index contributed by atoms with van der Waals surface area (Å²) in [6, 6.07) is 7.01. The van der Waals surface area contributed by atoms with Crippen LogP contribution in [0.25, 0.3) is 0 Å². The predicted octanol–water partition coefficient (Wildman–Crippen LogP) is 3.27. The van der Waals surface area contributed by atoms with Gasteiger partial charge in [0.05, 0.1) is 0 Å². The molecular formula is C15H16ClNO2. The highest BCUT2D eigenvalue weighted by Gasteiger charge is 2.47. The Kier molecular flexibility index (Phi) is 2.91. The van der Waals surface area contributed by atoms with Crippen LogP contribution in [0.15, 0.2) is 35.4 Å². The number of aliphatic hydroxyl groups is 1. The van der Waals surface area contributed by atoms with Crippen molar-refractivity contribution in [2.24, 2.45) is 0 Å². The molecule has 0 radical (unpaired) electrons. The summed E-state index contributed by atoms with van der Waals surface area (Å²) in [7, 11) is 0. The number of amides is 1. The summed E-state index contributed by atoms with van der Waals surface area (Å²) in [4.78, 5) is 14.0. The first-order valence-corrected chi connectivity index (χ1v) is 6.94. The van der Waals surface area contributed by atoms with Crippen LogP contribution in [0.5, 0.6) is 0 Å². The number of anilines is 1. The van der Waals surface area contributed by atoms with Crippen molar-refractivity contribution in [3.63, 3.8) is 0 Å². The summed E-state index contributed by atoms with van der Waals surface area (Å²) < 4.78 is 0. The second kappa shape index (κ2) is 4.36. The van der Waals surface area contributed by atoms with Crippen LogP contribution in [0.2, 0.25) is 5.02 Å². The van der Waals surface area contributed by atoms with Crippen LogP contribution < -0.4 is 4.90 Å². The molecule has 0 spiro atoms. The maximum Gasteiger partial charge on any atom is 0.256 e. The Morgan fingerprint density at radius 1 is 1.21 bits per heavy atom. The lowest BCUT2D eigenvalue weighted by Gasteiger charge is -2.33. The van der Waals surface area contributed by atoms with Crippen LogP contribution in [-0.4, -0.2) is 16.7 Å². The van der Waals surface area contributed by atoms with E-state index in [-0.39, 0.29) is 5.91 Å². The number of nitrogens with zero attached hydrogens (tertiary/aromatic N) is 1. The summed E-state index contributed by atoms with van der Waals surface area (Å²) in [5.41, 5.74) is 1.17. The van der Waals surface area contributed by atoms with Gasteiger partial charge in [-0.1, -0.05) is 11.6 Å². The maximum atomic E-state index is 12.5. The van der Waals surface area contributed by atoms with Gasteiger partial charge in [0, 0.05) is 16.3 Å². The van der Waals surface area contributed by atoms with E-state index in [9.17, 15) is 9.90 Å². The Morgan fingerprint density at radius 3 is 2.47 bits per heavy atom. The van der Waals surface area contributed by atoms with Gasteiger partial charge in [-0.25, -0.2) is 0 Å². The first-order valence-electron chi connectivity index (χ1n) is 6.57. The average Bonchev–Trinajstić information content (AvgIpc) is 2.60. The number of benzene rings is 1. The molecule has 1 atom stereocenters. The van der Waals surface area contributed by atoms with Crippen molar-refractivity contribution in [3.8, 4) is 0 Å². The molecule has 19 heavy (non-hydrogen) atoms. The molecule has 1 N–H and O–H groups in total. The summed E-state index contributed by atoms with van der Waals surface area (Å²) in [5.74, 6) is -0.0676. The van der Waals surface area contributed by atoms with E-state index in [0.29, 0.717) is 10.7 Å². The molecule has 1 aromatic rings. The van der Waals surface area contributed by atoms with E-state index >= 15 is 0 Å². The van der Waals surface area contributed by atoms with E-state index < -0.39 is 5.72 Å². The fraction of sp³-hybridized carbons (Fsp3) is 0.400. The highest BCUT2D eigenvalue weighted by Crippen LogP contribution is 2.43. The first-order chi connectivity index (χ1) is 9.01. The van der Waals surface area contributed by atoms with Crippen molar-refractivity contribution in [2.45, 2.75) is 38.3 Å². The Morgan fingerprint density at radius 2 is 1.84 bits per heavy atom. The molecule has 1 unspecified atom stereocenters. The van der Waals surface area contributed by atoms with E-state index in [1.54, 1.807) is 31.2 Å². The van der Waals surface area contributed by atoms with Gasteiger partial charge in [0.15, 0.2) is 5.72 Å². The normalized spacial score (nSPS) is 26.9. The minimum absolute atomic E-state index is 0.0676. The molecule has 3 rings (SSSR count). The molecule has 0 saturated heterocycles. The van der Waals surface area contributed by atoms with Crippen LogP contribution >= 0.6 is 11.6 Å². The van der Waals surface area contributed by atoms with E-state index in [1.807, 2.05) is 0 Å². The molecule has 1 aliphatic heterocycles. The lowest BCUT2D eigenvalue weighted by molar-refractivity contribution is -0.116. The Balaban J connectivity index is 2.04. The number of carbonyl (C=O) groups is 1. The van der Waals surface area contributed by atoms with Crippen LogP contribution in [-0.2, 0) is 4.79 Å². The van der Waals surface area contributed by atoms with E-state index in [0.717, 1.165) is 36.8 Å². The van der Waals surface area contributed by atoms with Gasteiger partial charge in [-0.05, 0) is 62.4 Å². The standard InChI is InChI=1S/C15H16ClNO2/c1-15(19)13-5-3-2-4-12(13)14(18)17(15)11-8-6-10(16)7-9-11/h6-9,19H,2-5H2,1H3. The zero-order valence-electron chi connectivity index (χ0n) is 10.8. The van der Waals surface area contributed by atoms with Crippen molar-refractivity contribution in [1.82, 2.24) is 0 Å². The lowest BCUT2D eigenvalue weighted by atomic mass is 9.89. The third kappa shape index (κ3) is 1.88. The minimum atomic E-state index is -1.21. The van der Waals surface area contributed by atoms with Crippen molar-refractivity contribution in [1.29, 1.82) is 0 Å². The van der Waals surface area contributed by atoms with E-state index in [2.05, 4.69) is 0 Å². The second-order valence-corrected chi connectivity index (χ2v) is 5.74. The molecule has 1 amide bonds. The molecule has 0 fully saturated rings. The minimum Gasteiger partial charge on any atom is -0.367 e. The SMILES string of the molecule is CC1(O)C2=C(CCCC2)C(=O)N1c1ccc(Cl)cc1. The fourth-order valence-corrected chi connectivity index (χ4v) is 3.22. The van der Waals surface area contributed by atoms with Crippen LogP contribution in [0.1, 0.15) is 32.6 Å². The van der Waals surface area contributed by atoms with Crippen molar-refractivity contribution >= 4 is 23.2 Å². The van der Waals surface area contributed by atoms with Gasteiger partial charge in [-0.15, -0.1) is 0 Å². The topological polar surface area (TPSA) is 40.5 Å². The zero-order chi connectivity index (χ0) is 13.6. The van der Waals surface area contributed by atoms with E-state index in [4.69, 9.17) is 11.6 Å². The third-order valence-corrected chi connectivity index (χ3v) is 4.27. The van der Waals surface area contributed by atoms with Gasteiger partial charge in [0.25, 0.3) is 5.91 Å². The van der Waals surface area contributed by atoms with Gasteiger partial charge in [0.2, 0.25) is 0 Å². The molecule has 1 aromatic carbocycles. The van der Waals surface area contributed by atoms with Gasteiger partial charge in [-0.2, -0.15) is 0 Å². The molecule has 100 valence electrons. The third-order valence-electron chi connectivity index (χ3n) is 4.02. The molecule has 0 bridgehead atoms. The predicted molar refractivity (Wildman–Crippen MR) is 75.1 cm³/mol. The smallest absolute Gasteiger partial charge is 0.256 e. The number of rotatable bonds is 1. The largest absolute Gasteiger partial charge is 0.367 e. The van der Waals surface area contributed by atoms with Gasteiger partial charge in [-0.3, -0.25) is 9.69 Å². The Bertz CT molecular complexity index is 560. The highest BCUT2D eigenvalue weighted by atomic mass is 35.5. The number of halogens is 1. The molecule has 2 aliphatic rings. The van der Waals surface area contributed by atoms with E-state index in [1.165, 1.54) is 4.90 Å². The number of hydrogen-bond donors (Lipinski definition) is 1. The summed E-state index contributed by atoms with van der Waals surface area (Å²) in [6.07, 6.45) is 3.64. The first kappa shape index (κ1) is 12.7. The summed E-state index contributed by atoms with van der Waals surface area (Å²) >= 11 is 5.87. The van der Waals surface area contributed by atoms with Gasteiger partial charge < -0.3 is 5.11 Å². The van der Waals surface area contributed by atoms with Crippen molar-refractivity contribution < 1.29 is 9.90 Å². The van der Waals surface area contributed by atoms with Gasteiger partial charge >= 0.3 is 0 Å². The quantitative estimate of drug-likeness (QED) is 0.856. The second-order valence-electron chi connectivity index (χ2n) is 5.30. The van der Waals surface area contributed by atoms with Crippen LogP contribution in [0, 0.1) is 0 Å². The zero-order valence-corrected chi connectivity index (χ0v) is 11.6. The summed E-state index contributed by atoms with van der Waals surface area (Å²) in [6.45, 7) is 1.70. The molecule has 0 aromatic heterocycles. The molecular weight excluding hydrogens is 262 g/mol. The van der Waals surface area contributed by atoms with Crippen molar-refractivity contribution in [3.05, 3.63) is 40.4 Å². The molecule has 3 nitrogen and oxygen atoms in total. The fourth-order valence-electron chi connectivity index (χ4n) is 3.09. The molecule has 1 heterocycles. The average molecular weight is 278 g/mol. The number of hydrogen-bond acceptors (Lipinski definition) is 2. The Hall–Kier alpha value is -1.32. The van der Waals surface area contributed by atoms with Crippen molar-refractivity contribution in [2.75, 3.05) is 4.90 Å². The molecule has 0 saturated carbocycles. The molecule has 1 aliphatic carbocycles. The van der Waals surface area contributed by atoms with Crippen LogP contribution in [0.4, 0.5) is 5.69 Å². The lowest BCUT2D eigenvalue weighted by Crippen LogP contribution is -2.46. The highest BCUT2D eigenvalue weighted by molar-refractivity contribution is 6.30.